The van der Waals surface area contributed by atoms with Crippen molar-refractivity contribution < 1.29 is 0 Å². The second kappa shape index (κ2) is 10.4. The van der Waals surface area contributed by atoms with E-state index in [1.165, 1.54) is 6.16 Å². The molecule has 1 unspecified atom stereocenters. The molecule has 0 aliphatic rings. The summed E-state index contributed by atoms with van der Waals surface area (Å²) in [7, 11) is 1.14. The summed E-state index contributed by atoms with van der Waals surface area (Å²) in [4.78, 5) is 0. The van der Waals surface area contributed by atoms with E-state index < -0.39 is 0 Å². The molecule has 11 heavy (non-hydrogen) atoms. The van der Waals surface area contributed by atoms with Crippen LogP contribution in [-0.4, -0.2) is 24.9 Å². The summed E-state index contributed by atoms with van der Waals surface area (Å²) in [6.45, 7) is 13.0. The van der Waals surface area contributed by atoms with Gasteiger partial charge in [0.05, 0.1) is 0 Å². The van der Waals surface area contributed by atoms with Crippen molar-refractivity contribution in [1.82, 2.24) is 5.32 Å². The number of rotatable bonds is 3. The van der Waals surface area contributed by atoms with Gasteiger partial charge in [-0.3, -0.25) is 0 Å². The molecule has 0 amide bonds. The van der Waals surface area contributed by atoms with Crippen LogP contribution in [0.5, 0.6) is 0 Å². The van der Waals surface area contributed by atoms with Crippen LogP contribution in [0.2, 0.25) is 0 Å². The van der Waals surface area contributed by atoms with E-state index in [-0.39, 0.29) is 0 Å². The molecule has 70 valence electrons. The predicted octanol–water partition coefficient (Wildman–Crippen LogP) is 2.71. The zero-order chi connectivity index (χ0) is 9.28. The molecule has 0 radical (unpaired) electrons. The van der Waals surface area contributed by atoms with Crippen molar-refractivity contribution in [3.63, 3.8) is 0 Å². The molecule has 0 fully saturated rings. The number of nitrogens with one attached hydrogen (secondary N) is 1. The molecule has 0 aromatic rings. The summed E-state index contributed by atoms with van der Waals surface area (Å²) < 4.78 is 0. The fourth-order valence-corrected chi connectivity index (χ4v) is 0.667. The summed E-state index contributed by atoms with van der Waals surface area (Å²) in [6, 6.07) is 1.25. The van der Waals surface area contributed by atoms with Gasteiger partial charge in [-0.1, -0.05) is 34.6 Å². The fraction of sp³-hybridized carbons (Fsp3) is 1.00. The van der Waals surface area contributed by atoms with E-state index in [2.05, 4.69) is 46.6 Å². The van der Waals surface area contributed by atoms with Gasteiger partial charge in [0.25, 0.3) is 0 Å². The Kier molecular flexibility index (Phi) is 13.2. The minimum Gasteiger partial charge on any atom is -0.312 e. The molecule has 1 atom stereocenters. The van der Waals surface area contributed by atoms with Crippen LogP contribution in [0.4, 0.5) is 0 Å². The van der Waals surface area contributed by atoms with Gasteiger partial charge in [-0.05, 0) is 12.8 Å². The molecular weight excluding hydrogens is 153 g/mol. The lowest BCUT2D eigenvalue weighted by atomic mass is 10.3. The highest BCUT2D eigenvalue weighted by Gasteiger charge is 1.92. The second-order valence-corrected chi connectivity index (χ2v) is 4.60. The van der Waals surface area contributed by atoms with Gasteiger partial charge >= 0.3 is 0 Å². The maximum absolute atomic E-state index is 3.31. The molecule has 0 rings (SSSR count). The lowest BCUT2D eigenvalue weighted by Crippen LogP contribution is -2.29. The van der Waals surface area contributed by atoms with Gasteiger partial charge in [-0.2, -0.15) is 0 Å². The SMILES string of the molecule is CC(C)NC(C)C.CCPC. The quantitative estimate of drug-likeness (QED) is 0.653. The van der Waals surface area contributed by atoms with Crippen molar-refractivity contribution in [2.45, 2.75) is 46.7 Å². The van der Waals surface area contributed by atoms with Gasteiger partial charge in [0.1, 0.15) is 0 Å². The second-order valence-electron chi connectivity index (χ2n) is 3.18. The van der Waals surface area contributed by atoms with Gasteiger partial charge in [0, 0.05) is 12.1 Å². The van der Waals surface area contributed by atoms with Gasteiger partial charge in [0.15, 0.2) is 0 Å². The van der Waals surface area contributed by atoms with E-state index in [9.17, 15) is 0 Å². The molecule has 1 nitrogen and oxygen atoms in total. The first-order valence-corrected chi connectivity index (χ1v) is 6.15. The van der Waals surface area contributed by atoms with E-state index in [1.54, 1.807) is 0 Å². The summed E-state index contributed by atoms with van der Waals surface area (Å²) >= 11 is 0. The summed E-state index contributed by atoms with van der Waals surface area (Å²) in [6.07, 6.45) is 1.35. The zero-order valence-corrected chi connectivity index (χ0v) is 9.86. The maximum Gasteiger partial charge on any atom is 0.00127 e. The van der Waals surface area contributed by atoms with Crippen LogP contribution in [0.3, 0.4) is 0 Å². The Morgan fingerprint density at radius 1 is 1.09 bits per heavy atom. The average molecular weight is 177 g/mol. The molecule has 0 saturated heterocycles. The molecule has 0 heterocycles. The summed E-state index contributed by atoms with van der Waals surface area (Å²) in [5, 5.41) is 3.31. The minimum atomic E-state index is 0.625. The van der Waals surface area contributed by atoms with Gasteiger partial charge in [-0.15, -0.1) is 8.58 Å². The van der Waals surface area contributed by atoms with Gasteiger partial charge in [0.2, 0.25) is 0 Å². The molecule has 1 N–H and O–H groups in total. The van der Waals surface area contributed by atoms with E-state index >= 15 is 0 Å². The Morgan fingerprint density at radius 2 is 1.36 bits per heavy atom. The van der Waals surface area contributed by atoms with Crippen LogP contribution in [0, 0.1) is 0 Å². The highest BCUT2D eigenvalue weighted by atomic mass is 31.1. The highest BCUT2D eigenvalue weighted by Crippen LogP contribution is 1.95. The van der Waals surface area contributed by atoms with Crippen molar-refractivity contribution in [3.05, 3.63) is 0 Å². The zero-order valence-electron chi connectivity index (χ0n) is 8.86. The van der Waals surface area contributed by atoms with E-state index in [0.717, 1.165) is 8.58 Å². The maximum atomic E-state index is 3.31. The van der Waals surface area contributed by atoms with Crippen LogP contribution in [-0.2, 0) is 0 Å². The molecule has 2 heteroatoms. The Labute approximate surface area is 74.1 Å². The average Bonchev–Trinajstić information content (AvgIpc) is 1.85. The van der Waals surface area contributed by atoms with Crippen LogP contribution in [0.1, 0.15) is 34.6 Å². The predicted molar refractivity (Wildman–Crippen MR) is 58.2 cm³/mol. The Bertz CT molecular complexity index is 54.6. The third-order valence-corrected chi connectivity index (χ3v) is 1.73. The third-order valence-electron chi connectivity index (χ3n) is 1.02. The van der Waals surface area contributed by atoms with Crippen LogP contribution in [0.25, 0.3) is 0 Å². The van der Waals surface area contributed by atoms with Gasteiger partial charge in [-0.25, -0.2) is 0 Å². The van der Waals surface area contributed by atoms with Crippen LogP contribution in [0.15, 0.2) is 0 Å². The van der Waals surface area contributed by atoms with Crippen molar-refractivity contribution in [2.24, 2.45) is 0 Å². The number of hydrogen-bond donors (Lipinski definition) is 1. The number of hydrogen-bond acceptors (Lipinski definition) is 1. The highest BCUT2D eigenvalue weighted by molar-refractivity contribution is 7.36. The lowest BCUT2D eigenvalue weighted by Gasteiger charge is -2.10. The third kappa shape index (κ3) is 25.2. The smallest absolute Gasteiger partial charge is 0.00127 e. The van der Waals surface area contributed by atoms with Crippen molar-refractivity contribution >= 4 is 8.58 Å². The Balaban J connectivity index is 0. The molecule has 0 bridgehead atoms. The topological polar surface area (TPSA) is 12.0 Å². The van der Waals surface area contributed by atoms with E-state index in [1.807, 2.05) is 0 Å². The first-order valence-electron chi connectivity index (χ1n) is 4.45. The molecule has 0 aliphatic carbocycles. The molecule has 0 aliphatic heterocycles. The monoisotopic (exact) mass is 177 g/mol. The standard InChI is InChI=1S/C6H15N.C3H9P/c1-5(2)7-6(3)4;1-3-4-2/h5-7H,1-4H3;4H,3H2,1-2H3. The molecule has 0 spiro atoms. The largest absolute Gasteiger partial charge is 0.312 e. The minimum absolute atomic E-state index is 0.625. The van der Waals surface area contributed by atoms with Gasteiger partial charge < -0.3 is 5.32 Å². The normalized spacial score (nSPS) is 10.9. The Hall–Kier alpha value is 0.390. The molecule has 0 saturated carbocycles. The summed E-state index contributed by atoms with van der Waals surface area (Å²) in [5.74, 6) is 0. The first-order chi connectivity index (χ1) is 5.04. The lowest BCUT2D eigenvalue weighted by molar-refractivity contribution is 0.518. The van der Waals surface area contributed by atoms with Crippen LogP contribution >= 0.6 is 8.58 Å². The first kappa shape index (κ1) is 13.9. The van der Waals surface area contributed by atoms with Crippen molar-refractivity contribution in [1.29, 1.82) is 0 Å². The molecular formula is C9H24NP. The summed E-state index contributed by atoms with van der Waals surface area (Å²) in [5.41, 5.74) is 0. The Morgan fingerprint density at radius 3 is 1.36 bits per heavy atom. The van der Waals surface area contributed by atoms with Crippen LogP contribution < -0.4 is 5.32 Å². The fourth-order valence-electron chi connectivity index (χ4n) is 0.667. The molecule has 0 aromatic heterocycles. The van der Waals surface area contributed by atoms with E-state index in [0.29, 0.717) is 12.1 Å². The molecule has 0 aromatic carbocycles. The van der Waals surface area contributed by atoms with Crippen molar-refractivity contribution in [3.8, 4) is 0 Å². The van der Waals surface area contributed by atoms with E-state index in [4.69, 9.17) is 0 Å². The van der Waals surface area contributed by atoms with Crippen molar-refractivity contribution in [2.75, 3.05) is 12.8 Å².